The summed E-state index contributed by atoms with van der Waals surface area (Å²) in [5.41, 5.74) is 0. The average molecular weight is 127 g/mol. The number of hydrogen-bond acceptors (Lipinski definition) is 2. The highest BCUT2D eigenvalue weighted by molar-refractivity contribution is 4.95. The van der Waals surface area contributed by atoms with E-state index in [-0.39, 0.29) is 0 Å². The highest BCUT2D eigenvalue weighted by Crippen LogP contribution is 2.41. The van der Waals surface area contributed by atoms with Crippen molar-refractivity contribution in [3.63, 3.8) is 0 Å². The zero-order valence-electron chi connectivity index (χ0n) is 5.51. The van der Waals surface area contributed by atoms with Crippen LogP contribution in [0.5, 0.6) is 0 Å². The minimum Gasteiger partial charge on any atom is -0.396 e. The van der Waals surface area contributed by atoms with Gasteiger partial charge in [0.2, 0.25) is 0 Å². The summed E-state index contributed by atoms with van der Waals surface area (Å²) in [4.78, 5) is 0. The highest BCUT2D eigenvalue weighted by atomic mass is 16.3. The first-order valence-electron chi connectivity index (χ1n) is 3.73. The molecule has 3 unspecified atom stereocenters. The second kappa shape index (κ2) is 1.96. The fourth-order valence-electron chi connectivity index (χ4n) is 2.14. The van der Waals surface area contributed by atoms with Crippen LogP contribution in [0.15, 0.2) is 0 Å². The average Bonchev–Trinajstić information content (AvgIpc) is 2.14. The Morgan fingerprint density at radius 3 is 3.00 bits per heavy atom. The normalized spacial score (nSPS) is 48.3. The Morgan fingerprint density at radius 1 is 1.44 bits per heavy atom. The van der Waals surface area contributed by atoms with Crippen molar-refractivity contribution < 1.29 is 5.11 Å². The molecule has 0 aromatic rings. The third-order valence-corrected chi connectivity index (χ3v) is 2.84. The molecule has 0 spiro atoms. The molecule has 1 heterocycles. The van der Waals surface area contributed by atoms with E-state index in [9.17, 15) is 0 Å². The van der Waals surface area contributed by atoms with Crippen LogP contribution < -0.4 is 5.32 Å². The predicted molar refractivity (Wildman–Crippen MR) is 35.0 cm³/mol. The van der Waals surface area contributed by atoms with Crippen molar-refractivity contribution >= 4 is 0 Å². The lowest BCUT2D eigenvalue weighted by Crippen LogP contribution is -2.37. The molecule has 0 aromatic heterocycles. The first kappa shape index (κ1) is 5.69. The lowest BCUT2D eigenvalue weighted by atomic mass is 9.67. The summed E-state index contributed by atoms with van der Waals surface area (Å²) in [6.07, 6.45) is 1.26. The van der Waals surface area contributed by atoms with Crippen molar-refractivity contribution in [2.45, 2.75) is 6.42 Å². The predicted octanol–water partition coefficient (Wildman–Crippen LogP) is -0.166. The van der Waals surface area contributed by atoms with Crippen molar-refractivity contribution in [1.29, 1.82) is 0 Å². The van der Waals surface area contributed by atoms with E-state index < -0.39 is 0 Å². The number of rotatable bonds is 1. The minimum atomic E-state index is 0.406. The molecule has 2 heteroatoms. The van der Waals surface area contributed by atoms with Gasteiger partial charge in [0.05, 0.1) is 0 Å². The lowest BCUT2D eigenvalue weighted by Gasteiger charge is -2.38. The van der Waals surface area contributed by atoms with E-state index in [4.69, 9.17) is 5.11 Å². The van der Waals surface area contributed by atoms with Gasteiger partial charge in [-0.3, -0.25) is 0 Å². The molecule has 0 bridgehead atoms. The van der Waals surface area contributed by atoms with Crippen LogP contribution in [0.4, 0.5) is 0 Å². The lowest BCUT2D eigenvalue weighted by molar-refractivity contribution is 0.0579. The quantitative estimate of drug-likeness (QED) is 0.513. The van der Waals surface area contributed by atoms with Crippen LogP contribution >= 0.6 is 0 Å². The number of aliphatic hydroxyl groups excluding tert-OH is 1. The molecule has 9 heavy (non-hydrogen) atoms. The molecule has 1 saturated heterocycles. The molecule has 0 radical (unpaired) electrons. The van der Waals surface area contributed by atoms with Crippen molar-refractivity contribution in [1.82, 2.24) is 5.32 Å². The molecule has 0 amide bonds. The monoisotopic (exact) mass is 127 g/mol. The number of fused-ring (bicyclic) bond motifs is 1. The van der Waals surface area contributed by atoms with E-state index in [0.29, 0.717) is 12.5 Å². The van der Waals surface area contributed by atoms with E-state index in [2.05, 4.69) is 5.32 Å². The molecule has 0 aromatic carbocycles. The van der Waals surface area contributed by atoms with Gasteiger partial charge in [-0.25, -0.2) is 0 Å². The minimum absolute atomic E-state index is 0.406. The molecule has 1 aliphatic heterocycles. The van der Waals surface area contributed by atoms with Gasteiger partial charge in [-0.05, 0) is 37.3 Å². The van der Waals surface area contributed by atoms with Gasteiger partial charge in [-0.1, -0.05) is 0 Å². The zero-order chi connectivity index (χ0) is 6.27. The highest BCUT2D eigenvalue weighted by Gasteiger charge is 2.42. The Labute approximate surface area is 55.3 Å². The number of nitrogens with one attached hydrogen (secondary N) is 1. The maximum atomic E-state index is 8.81. The smallest absolute Gasteiger partial charge is 0.0462 e. The SMILES string of the molecule is OCC1CC2CNCC12. The Morgan fingerprint density at radius 2 is 2.33 bits per heavy atom. The molecule has 2 fully saturated rings. The van der Waals surface area contributed by atoms with Crippen molar-refractivity contribution in [2.24, 2.45) is 17.8 Å². The van der Waals surface area contributed by atoms with Gasteiger partial charge in [0, 0.05) is 6.61 Å². The summed E-state index contributed by atoms with van der Waals surface area (Å²) in [5, 5.41) is 12.1. The molecule has 1 aliphatic carbocycles. The molecule has 2 rings (SSSR count). The topological polar surface area (TPSA) is 32.3 Å². The van der Waals surface area contributed by atoms with Gasteiger partial charge < -0.3 is 10.4 Å². The van der Waals surface area contributed by atoms with E-state index >= 15 is 0 Å². The van der Waals surface area contributed by atoms with E-state index in [1.54, 1.807) is 0 Å². The Balaban J connectivity index is 1.93. The molecule has 52 valence electrons. The van der Waals surface area contributed by atoms with Gasteiger partial charge in [-0.2, -0.15) is 0 Å². The molecular weight excluding hydrogens is 114 g/mol. The largest absolute Gasteiger partial charge is 0.396 e. The van der Waals surface area contributed by atoms with E-state index in [1.165, 1.54) is 13.0 Å². The van der Waals surface area contributed by atoms with Crippen molar-refractivity contribution in [2.75, 3.05) is 19.7 Å². The Hall–Kier alpha value is -0.0800. The second-order valence-electron chi connectivity index (χ2n) is 3.26. The zero-order valence-corrected chi connectivity index (χ0v) is 5.51. The molecule has 3 atom stereocenters. The first-order valence-corrected chi connectivity index (χ1v) is 3.73. The molecule has 2 N–H and O–H groups in total. The van der Waals surface area contributed by atoms with Crippen LogP contribution in [0.25, 0.3) is 0 Å². The van der Waals surface area contributed by atoms with E-state index in [1.807, 2.05) is 0 Å². The number of hydrogen-bond donors (Lipinski definition) is 2. The van der Waals surface area contributed by atoms with Gasteiger partial charge in [0.1, 0.15) is 0 Å². The summed E-state index contributed by atoms with van der Waals surface area (Å²) >= 11 is 0. The Bertz CT molecular complexity index is 115. The van der Waals surface area contributed by atoms with Crippen LogP contribution in [0, 0.1) is 17.8 Å². The summed E-state index contributed by atoms with van der Waals surface area (Å²) in [6, 6.07) is 0. The standard InChI is InChI=1S/C7H13NO/c9-4-6-1-5-2-8-3-7(5)6/h5-9H,1-4H2. The maximum absolute atomic E-state index is 8.81. The maximum Gasteiger partial charge on any atom is 0.0462 e. The first-order chi connectivity index (χ1) is 4.42. The Kier molecular flexibility index (Phi) is 1.24. The van der Waals surface area contributed by atoms with Crippen LogP contribution in [0.3, 0.4) is 0 Å². The molecule has 1 saturated carbocycles. The van der Waals surface area contributed by atoms with Crippen LogP contribution in [0.1, 0.15) is 6.42 Å². The van der Waals surface area contributed by atoms with Gasteiger partial charge in [0.25, 0.3) is 0 Å². The summed E-state index contributed by atoms with van der Waals surface area (Å²) < 4.78 is 0. The molecule has 2 nitrogen and oxygen atoms in total. The van der Waals surface area contributed by atoms with Crippen molar-refractivity contribution in [3.8, 4) is 0 Å². The third-order valence-electron chi connectivity index (χ3n) is 2.84. The van der Waals surface area contributed by atoms with Gasteiger partial charge >= 0.3 is 0 Å². The fourth-order valence-corrected chi connectivity index (χ4v) is 2.14. The summed E-state index contributed by atoms with van der Waals surface area (Å²) in [7, 11) is 0. The van der Waals surface area contributed by atoms with E-state index in [0.717, 1.165) is 18.4 Å². The third kappa shape index (κ3) is 0.700. The summed E-state index contributed by atoms with van der Waals surface area (Å²) in [6.45, 7) is 2.75. The molecular formula is C7H13NO. The van der Waals surface area contributed by atoms with Crippen molar-refractivity contribution in [3.05, 3.63) is 0 Å². The molecule has 2 aliphatic rings. The fraction of sp³-hybridized carbons (Fsp3) is 1.00. The van der Waals surface area contributed by atoms with Gasteiger partial charge in [-0.15, -0.1) is 0 Å². The van der Waals surface area contributed by atoms with Crippen LogP contribution in [-0.4, -0.2) is 24.8 Å². The number of aliphatic hydroxyl groups is 1. The second-order valence-corrected chi connectivity index (χ2v) is 3.26. The summed E-state index contributed by atoms with van der Waals surface area (Å²) in [5.74, 6) is 2.35. The van der Waals surface area contributed by atoms with Crippen LogP contribution in [-0.2, 0) is 0 Å². The van der Waals surface area contributed by atoms with Gasteiger partial charge in [0.15, 0.2) is 0 Å². The van der Waals surface area contributed by atoms with Crippen LogP contribution in [0.2, 0.25) is 0 Å².